The third-order valence-corrected chi connectivity index (χ3v) is 2.18. The van der Waals surface area contributed by atoms with E-state index in [1.165, 1.54) is 0 Å². The predicted molar refractivity (Wildman–Crippen MR) is 54.4 cm³/mol. The van der Waals surface area contributed by atoms with Gasteiger partial charge in [0.2, 0.25) is 0 Å². The monoisotopic (exact) mass is 188 g/mol. The van der Waals surface area contributed by atoms with Crippen LogP contribution in [0.1, 0.15) is 16.9 Å². The summed E-state index contributed by atoms with van der Waals surface area (Å²) >= 11 is 0. The van der Waals surface area contributed by atoms with Crippen molar-refractivity contribution in [2.45, 2.75) is 13.3 Å². The number of hydrogen-bond acceptors (Lipinski definition) is 2. The number of furan rings is 1. The minimum absolute atomic E-state index is 0.326. The molecule has 1 N–H and O–H groups in total. The van der Waals surface area contributed by atoms with E-state index in [9.17, 15) is 5.11 Å². The molecule has 1 aromatic carbocycles. The van der Waals surface area contributed by atoms with E-state index in [0.29, 0.717) is 12.2 Å². The molecule has 14 heavy (non-hydrogen) atoms. The first-order valence-electron chi connectivity index (χ1n) is 4.56. The van der Waals surface area contributed by atoms with Crippen molar-refractivity contribution in [2.75, 3.05) is 0 Å². The lowest BCUT2D eigenvalue weighted by Crippen LogP contribution is -1.87. The van der Waals surface area contributed by atoms with Crippen molar-refractivity contribution in [1.29, 1.82) is 0 Å². The zero-order chi connectivity index (χ0) is 9.97. The summed E-state index contributed by atoms with van der Waals surface area (Å²) < 4.78 is 5.22. The second-order valence-electron chi connectivity index (χ2n) is 3.39. The van der Waals surface area contributed by atoms with Crippen molar-refractivity contribution in [3.8, 4) is 5.75 Å². The van der Waals surface area contributed by atoms with Crippen LogP contribution in [0.3, 0.4) is 0 Å². The molecule has 0 aliphatic heterocycles. The van der Waals surface area contributed by atoms with Crippen molar-refractivity contribution in [1.82, 2.24) is 0 Å². The van der Waals surface area contributed by atoms with Gasteiger partial charge in [0, 0.05) is 12.0 Å². The number of aromatic hydroxyl groups is 1. The Morgan fingerprint density at radius 2 is 2.14 bits per heavy atom. The maximum absolute atomic E-state index is 9.59. The van der Waals surface area contributed by atoms with Gasteiger partial charge in [0.15, 0.2) is 0 Å². The Morgan fingerprint density at radius 1 is 1.29 bits per heavy atom. The van der Waals surface area contributed by atoms with Crippen LogP contribution in [-0.2, 0) is 6.42 Å². The number of aryl methyl sites for hydroxylation is 1. The van der Waals surface area contributed by atoms with E-state index in [2.05, 4.69) is 0 Å². The lowest BCUT2D eigenvalue weighted by atomic mass is 10.1. The van der Waals surface area contributed by atoms with Crippen LogP contribution in [0.2, 0.25) is 0 Å². The molecule has 72 valence electrons. The van der Waals surface area contributed by atoms with E-state index in [0.717, 1.165) is 16.9 Å². The fourth-order valence-corrected chi connectivity index (χ4v) is 1.46. The molecule has 0 bridgehead atoms. The topological polar surface area (TPSA) is 33.4 Å². The molecule has 1 heterocycles. The van der Waals surface area contributed by atoms with E-state index < -0.39 is 0 Å². The number of rotatable bonds is 2. The lowest BCUT2D eigenvalue weighted by Gasteiger charge is -2.03. The highest BCUT2D eigenvalue weighted by molar-refractivity contribution is 5.37. The fraction of sp³-hybridized carbons (Fsp3) is 0.167. The molecule has 0 saturated heterocycles. The van der Waals surface area contributed by atoms with Gasteiger partial charge in [-0.05, 0) is 25.1 Å². The Labute approximate surface area is 82.8 Å². The highest BCUT2D eigenvalue weighted by atomic mass is 16.3. The Bertz CT molecular complexity index is 416. The van der Waals surface area contributed by atoms with E-state index >= 15 is 0 Å². The maximum Gasteiger partial charge on any atom is 0.119 e. The molecular weight excluding hydrogens is 176 g/mol. The lowest BCUT2D eigenvalue weighted by molar-refractivity contribution is 0.463. The SMILES string of the molecule is Cc1ccc(O)c(Cc2ccco2)c1. The van der Waals surface area contributed by atoms with Gasteiger partial charge in [-0.15, -0.1) is 0 Å². The average Bonchev–Trinajstić information content (AvgIpc) is 2.64. The van der Waals surface area contributed by atoms with Gasteiger partial charge in [-0.2, -0.15) is 0 Å². The molecule has 2 nitrogen and oxygen atoms in total. The summed E-state index contributed by atoms with van der Waals surface area (Å²) in [6, 6.07) is 9.33. The first-order valence-corrected chi connectivity index (χ1v) is 4.56. The third kappa shape index (κ3) is 1.79. The summed E-state index contributed by atoms with van der Waals surface area (Å²) in [5.41, 5.74) is 2.05. The highest BCUT2D eigenvalue weighted by Gasteiger charge is 2.04. The van der Waals surface area contributed by atoms with E-state index in [1.54, 1.807) is 12.3 Å². The van der Waals surface area contributed by atoms with Crippen LogP contribution in [0, 0.1) is 6.92 Å². The van der Waals surface area contributed by atoms with Crippen molar-refractivity contribution in [3.05, 3.63) is 53.5 Å². The first kappa shape index (κ1) is 8.88. The van der Waals surface area contributed by atoms with Crippen LogP contribution in [0.5, 0.6) is 5.75 Å². The standard InChI is InChI=1S/C12H12O2/c1-9-4-5-12(13)10(7-9)8-11-3-2-6-14-11/h2-7,13H,8H2,1H3. The summed E-state index contributed by atoms with van der Waals surface area (Å²) in [7, 11) is 0. The van der Waals surface area contributed by atoms with Crippen LogP contribution in [0.4, 0.5) is 0 Å². The molecule has 0 spiro atoms. The van der Waals surface area contributed by atoms with Gasteiger partial charge in [0.1, 0.15) is 11.5 Å². The zero-order valence-electron chi connectivity index (χ0n) is 8.03. The van der Waals surface area contributed by atoms with Gasteiger partial charge in [-0.25, -0.2) is 0 Å². The zero-order valence-corrected chi connectivity index (χ0v) is 8.03. The predicted octanol–water partition coefficient (Wildman–Crippen LogP) is 2.88. The van der Waals surface area contributed by atoms with Gasteiger partial charge in [-0.1, -0.05) is 17.7 Å². The molecule has 2 aromatic rings. The molecule has 0 aliphatic rings. The van der Waals surface area contributed by atoms with Gasteiger partial charge >= 0.3 is 0 Å². The van der Waals surface area contributed by atoms with Crippen LogP contribution in [-0.4, -0.2) is 5.11 Å². The van der Waals surface area contributed by atoms with Crippen LogP contribution >= 0.6 is 0 Å². The Balaban J connectivity index is 2.28. The molecule has 0 amide bonds. The summed E-state index contributed by atoms with van der Waals surface area (Å²) in [6.45, 7) is 2.01. The summed E-state index contributed by atoms with van der Waals surface area (Å²) in [4.78, 5) is 0. The molecule has 1 aromatic heterocycles. The number of phenols is 1. The minimum Gasteiger partial charge on any atom is -0.508 e. The number of phenolic OH excluding ortho intramolecular Hbond substituents is 1. The van der Waals surface area contributed by atoms with Crippen molar-refractivity contribution >= 4 is 0 Å². The van der Waals surface area contributed by atoms with Gasteiger partial charge in [0.05, 0.1) is 6.26 Å². The Morgan fingerprint density at radius 3 is 2.86 bits per heavy atom. The van der Waals surface area contributed by atoms with Gasteiger partial charge in [0.25, 0.3) is 0 Å². The fourth-order valence-electron chi connectivity index (χ4n) is 1.46. The van der Waals surface area contributed by atoms with Gasteiger partial charge < -0.3 is 9.52 Å². The van der Waals surface area contributed by atoms with E-state index in [-0.39, 0.29) is 0 Å². The van der Waals surface area contributed by atoms with Crippen LogP contribution in [0.25, 0.3) is 0 Å². The second-order valence-corrected chi connectivity index (χ2v) is 3.39. The third-order valence-electron chi connectivity index (χ3n) is 2.18. The molecule has 0 fully saturated rings. The second kappa shape index (κ2) is 3.58. The minimum atomic E-state index is 0.326. The molecular formula is C12H12O2. The molecule has 0 saturated carbocycles. The average molecular weight is 188 g/mol. The molecule has 0 radical (unpaired) electrons. The molecule has 0 unspecified atom stereocenters. The quantitative estimate of drug-likeness (QED) is 0.786. The highest BCUT2D eigenvalue weighted by Crippen LogP contribution is 2.21. The largest absolute Gasteiger partial charge is 0.508 e. The summed E-state index contributed by atoms with van der Waals surface area (Å²) in [5.74, 6) is 1.19. The van der Waals surface area contributed by atoms with Crippen LogP contribution < -0.4 is 0 Å². The molecule has 0 aliphatic carbocycles. The molecule has 0 atom stereocenters. The molecule has 2 rings (SSSR count). The smallest absolute Gasteiger partial charge is 0.119 e. The number of benzene rings is 1. The van der Waals surface area contributed by atoms with Crippen LogP contribution in [0.15, 0.2) is 41.0 Å². The molecule has 2 heteroatoms. The maximum atomic E-state index is 9.59. The van der Waals surface area contributed by atoms with Crippen molar-refractivity contribution < 1.29 is 9.52 Å². The number of hydrogen-bond donors (Lipinski definition) is 1. The Hall–Kier alpha value is -1.70. The first-order chi connectivity index (χ1) is 6.75. The van der Waals surface area contributed by atoms with Gasteiger partial charge in [-0.3, -0.25) is 0 Å². The summed E-state index contributed by atoms with van der Waals surface area (Å²) in [5, 5.41) is 9.59. The Kier molecular flexibility index (Phi) is 2.27. The van der Waals surface area contributed by atoms with E-state index in [4.69, 9.17) is 4.42 Å². The van der Waals surface area contributed by atoms with Crippen molar-refractivity contribution in [2.24, 2.45) is 0 Å². The van der Waals surface area contributed by atoms with E-state index in [1.807, 2.05) is 31.2 Å². The normalized spacial score (nSPS) is 10.4. The van der Waals surface area contributed by atoms with Crippen molar-refractivity contribution in [3.63, 3.8) is 0 Å². The summed E-state index contributed by atoms with van der Waals surface area (Å²) in [6.07, 6.45) is 2.28.